The van der Waals surface area contributed by atoms with Crippen molar-refractivity contribution >= 4 is 11.6 Å². The minimum Gasteiger partial charge on any atom is -0.493 e. The fourth-order valence-corrected chi connectivity index (χ4v) is 4.05. The Morgan fingerprint density at radius 2 is 2.14 bits per heavy atom. The van der Waals surface area contributed by atoms with Gasteiger partial charge in [-0.1, -0.05) is 17.7 Å². The van der Waals surface area contributed by atoms with Crippen molar-refractivity contribution in [2.75, 3.05) is 14.2 Å². The van der Waals surface area contributed by atoms with E-state index in [0.29, 0.717) is 23.1 Å². The maximum absolute atomic E-state index is 6.25. The minimum absolute atomic E-state index is 0.218. The van der Waals surface area contributed by atoms with Crippen molar-refractivity contribution in [3.8, 4) is 17.3 Å². The Bertz CT molecular complexity index is 959. The molecule has 1 atom stereocenters. The van der Waals surface area contributed by atoms with E-state index in [1.54, 1.807) is 26.5 Å². The number of nitrogens with one attached hydrogen (secondary N) is 1. The molecule has 0 saturated carbocycles. The molecule has 0 spiro atoms. The SMILES string of the molecule is COc1cc(Cl)cc(CN[C@H]2CCCc3c2cnn3-c2ccccn2)c1OC. The van der Waals surface area contributed by atoms with Gasteiger partial charge in [-0.15, -0.1) is 0 Å². The van der Waals surface area contributed by atoms with Gasteiger partial charge in [0, 0.05) is 41.0 Å². The summed E-state index contributed by atoms with van der Waals surface area (Å²) in [4.78, 5) is 4.43. The zero-order chi connectivity index (χ0) is 19.5. The summed E-state index contributed by atoms with van der Waals surface area (Å²) in [5, 5.41) is 8.87. The van der Waals surface area contributed by atoms with Crippen LogP contribution in [0.5, 0.6) is 11.5 Å². The first-order chi connectivity index (χ1) is 13.7. The van der Waals surface area contributed by atoms with Crippen LogP contribution in [0, 0.1) is 0 Å². The fourth-order valence-electron chi connectivity index (χ4n) is 3.82. The molecule has 0 bridgehead atoms. The monoisotopic (exact) mass is 398 g/mol. The largest absolute Gasteiger partial charge is 0.493 e. The molecule has 2 heterocycles. The summed E-state index contributed by atoms with van der Waals surface area (Å²) in [6, 6.07) is 9.77. The predicted octanol–water partition coefficient (Wildman–Crippen LogP) is 4.11. The molecule has 0 radical (unpaired) electrons. The number of ether oxygens (including phenoxy) is 2. The first-order valence-electron chi connectivity index (χ1n) is 9.33. The van der Waals surface area contributed by atoms with Gasteiger partial charge in [0.05, 0.1) is 26.1 Å². The van der Waals surface area contributed by atoms with E-state index in [1.165, 1.54) is 11.3 Å². The van der Waals surface area contributed by atoms with Gasteiger partial charge in [0.15, 0.2) is 17.3 Å². The lowest BCUT2D eigenvalue weighted by Crippen LogP contribution is -2.25. The standard InChI is InChI=1S/C21H23ClN4O2/c1-27-19-11-15(22)10-14(21(19)28-2)12-24-17-6-5-7-18-16(17)13-25-26(18)20-8-3-4-9-23-20/h3-4,8-11,13,17,24H,5-7,12H2,1-2H3/t17-/m0/s1. The van der Waals surface area contributed by atoms with Crippen molar-refractivity contribution < 1.29 is 9.47 Å². The molecule has 1 N–H and O–H groups in total. The normalized spacial score (nSPS) is 15.9. The van der Waals surface area contributed by atoms with Gasteiger partial charge in [-0.3, -0.25) is 0 Å². The Balaban J connectivity index is 1.58. The summed E-state index contributed by atoms with van der Waals surface area (Å²) >= 11 is 6.25. The molecule has 6 nitrogen and oxygen atoms in total. The van der Waals surface area contributed by atoms with Crippen molar-refractivity contribution in [1.29, 1.82) is 0 Å². The van der Waals surface area contributed by atoms with E-state index < -0.39 is 0 Å². The van der Waals surface area contributed by atoms with Crippen LogP contribution < -0.4 is 14.8 Å². The zero-order valence-electron chi connectivity index (χ0n) is 16.0. The van der Waals surface area contributed by atoms with Crippen molar-refractivity contribution in [3.63, 3.8) is 0 Å². The van der Waals surface area contributed by atoms with E-state index in [0.717, 1.165) is 30.6 Å². The third-order valence-corrected chi connectivity index (χ3v) is 5.33. The number of hydrogen-bond donors (Lipinski definition) is 1. The Hall–Kier alpha value is -2.57. The molecule has 1 aliphatic rings. The predicted molar refractivity (Wildman–Crippen MR) is 108 cm³/mol. The van der Waals surface area contributed by atoms with Crippen molar-refractivity contribution in [2.24, 2.45) is 0 Å². The number of halogens is 1. The Morgan fingerprint density at radius 3 is 2.89 bits per heavy atom. The Kier molecular flexibility index (Phi) is 5.50. The number of aromatic nitrogens is 3. The van der Waals surface area contributed by atoms with Gasteiger partial charge in [0.25, 0.3) is 0 Å². The number of fused-ring (bicyclic) bond motifs is 1. The van der Waals surface area contributed by atoms with Crippen LogP contribution in [0.3, 0.4) is 0 Å². The van der Waals surface area contributed by atoms with Gasteiger partial charge in [-0.25, -0.2) is 9.67 Å². The third-order valence-electron chi connectivity index (χ3n) is 5.11. The van der Waals surface area contributed by atoms with Crippen molar-refractivity contribution in [3.05, 3.63) is 64.6 Å². The number of hydrogen-bond acceptors (Lipinski definition) is 5. The average Bonchev–Trinajstić information content (AvgIpc) is 3.17. The summed E-state index contributed by atoms with van der Waals surface area (Å²) in [6.45, 7) is 0.624. The fraction of sp³-hybridized carbons (Fsp3) is 0.333. The van der Waals surface area contributed by atoms with Crippen LogP contribution in [-0.2, 0) is 13.0 Å². The summed E-state index contributed by atoms with van der Waals surface area (Å²) in [5.41, 5.74) is 3.42. The highest BCUT2D eigenvalue weighted by Crippen LogP contribution is 2.36. The topological polar surface area (TPSA) is 61.2 Å². The van der Waals surface area contributed by atoms with Gasteiger partial charge in [0.2, 0.25) is 0 Å². The number of pyridine rings is 1. The summed E-state index contributed by atoms with van der Waals surface area (Å²) in [5.74, 6) is 2.20. The molecular formula is C21H23ClN4O2. The summed E-state index contributed by atoms with van der Waals surface area (Å²) < 4.78 is 12.9. The highest BCUT2D eigenvalue weighted by atomic mass is 35.5. The molecule has 0 unspecified atom stereocenters. The van der Waals surface area contributed by atoms with E-state index in [2.05, 4.69) is 15.4 Å². The quantitative estimate of drug-likeness (QED) is 0.677. The molecule has 1 aliphatic carbocycles. The minimum atomic E-state index is 0.218. The highest BCUT2D eigenvalue weighted by molar-refractivity contribution is 6.30. The molecule has 4 rings (SSSR count). The molecule has 0 saturated heterocycles. The second kappa shape index (κ2) is 8.20. The molecular weight excluding hydrogens is 376 g/mol. The summed E-state index contributed by atoms with van der Waals surface area (Å²) in [6.07, 6.45) is 6.90. The first-order valence-corrected chi connectivity index (χ1v) is 9.71. The summed E-state index contributed by atoms with van der Waals surface area (Å²) in [7, 11) is 3.26. The van der Waals surface area contributed by atoms with E-state index in [4.69, 9.17) is 21.1 Å². The Morgan fingerprint density at radius 1 is 1.25 bits per heavy atom. The van der Waals surface area contributed by atoms with E-state index >= 15 is 0 Å². The lowest BCUT2D eigenvalue weighted by molar-refractivity contribution is 0.349. The third kappa shape index (κ3) is 3.57. The molecule has 0 fully saturated rings. The van der Waals surface area contributed by atoms with Crippen LogP contribution >= 0.6 is 11.6 Å². The molecule has 7 heteroatoms. The van der Waals surface area contributed by atoms with Crippen LogP contribution in [0.15, 0.2) is 42.7 Å². The lowest BCUT2D eigenvalue weighted by atomic mass is 9.92. The van der Waals surface area contributed by atoms with Crippen LogP contribution in [0.1, 0.15) is 35.7 Å². The van der Waals surface area contributed by atoms with E-state index in [-0.39, 0.29) is 6.04 Å². The molecule has 3 aromatic rings. The number of nitrogens with zero attached hydrogens (tertiary/aromatic N) is 3. The smallest absolute Gasteiger partial charge is 0.165 e. The molecule has 0 amide bonds. The van der Waals surface area contributed by atoms with E-state index in [9.17, 15) is 0 Å². The lowest BCUT2D eigenvalue weighted by Gasteiger charge is -2.25. The van der Waals surface area contributed by atoms with Gasteiger partial charge >= 0.3 is 0 Å². The Labute approximate surface area is 169 Å². The van der Waals surface area contributed by atoms with Gasteiger partial charge in [0.1, 0.15) is 0 Å². The molecule has 1 aromatic carbocycles. The molecule has 2 aromatic heterocycles. The zero-order valence-corrected chi connectivity index (χ0v) is 16.7. The molecule has 0 aliphatic heterocycles. The maximum atomic E-state index is 6.25. The number of benzene rings is 1. The first kappa shape index (κ1) is 18.8. The second-order valence-corrected chi connectivity index (χ2v) is 7.21. The van der Waals surface area contributed by atoms with Crippen LogP contribution in [-0.4, -0.2) is 29.0 Å². The van der Waals surface area contributed by atoms with Gasteiger partial charge in [-0.05, 0) is 37.5 Å². The molecule has 146 valence electrons. The average molecular weight is 399 g/mol. The maximum Gasteiger partial charge on any atom is 0.165 e. The van der Waals surface area contributed by atoms with Gasteiger partial charge in [-0.2, -0.15) is 5.10 Å². The van der Waals surface area contributed by atoms with Crippen LogP contribution in [0.4, 0.5) is 0 Å². The second-order valence-electron chi connectivity index (χ2n) is 6.77. The van der Waals surface area contributed by atoms with Crippen molar-refractivity contribution in [2.45, 2.75) is 31.8 Å². The van der Waals surface area contributed by atoms with Crippen LogP contribution in [0.2, 0.25) is 5.02 Å². The number of methoxy groups -OCH3 is 2. The van der Waals surface area contributed by atoms with Crippen molar-refractivity contribution in [1.82, 2.24) is 20.1 Å². The number of rotatable bonds is 6. The van der Waals surface area contributed by atoms with E-state index in [1.807, 2.05) is 35.1 Å². The van der Waals surface area contributed by atoms with Gasteiger partial charge < -0.3 is 14.8 Å². The highest BCUT2D eigenvalue weighted by Gasteiger charge is 2.25. The van der Waals surface area contributed by atoms with Crippen LogP contribution in [0.25, 0.3) is 5.82 Å². The molecule has 28 heavy (non-hydrogen) atoms.